The Kier molecular flexibility index (Phi) is 9.19. The monoisotopic (exact) mass is 412 g/mol. The summed E-state index contributed by atoms with van der Waals surface area (Å²) in [5, 5.41) is 5.96. The lowest BCUT2D eigenvalue weighted by atomic mass is 9.92. The van der Waals surface area contributed by atoms with Crippen LogP contribution in [-0.2, 0) is 9.53 Å². The fourth-order valence-corrected chi connectivity index (χ4v) is 2.30. The number of nitrogens with one attached hydrogen (secondary N) is 2. The maximum atomic E-state index is 11.8. The van der Waals surface area contributed by atoms with Gasteiger partial charge in [-0.2, -0.15) is 0 Å². The molecule has 0 aromatic carbocycles. The maximum Gasteiger partial charge on any atom is 0.227 e. The van der Waals surface area contributed by atoms with Crippen molar-refractivity contribution < 1.29 is 9.53 Å². The number of guanidine groups is 1. The molecule has 1 saturated heterocycles. The summed E-state index contributed by atoms with van der Waals surface area (Å²) >= 11 is 0. The van der Waals surface area contributed by atoms with Crippen LogP contribution in [0.25, 0.3) is 0 Å². The first-order valence-electron chi connectivity index (χ1n) is 7.12. The number of nitrogens with zero attached hydrogens (tertiary/aromatic N) is 2. The predicted molar refractivity (Wildman–Crippen MR) is 96.2 cm³/mol. The third-order valence-corrected chi connectivity index (χ3v) is 3.66. The number of carbonyl (C=O) groups excluding carboxylic acids is 1. The Morgan fingerprint density at radius 3 is 2.62 bits per heavy atom. The first-order valence-corrected chi connectivity index (χ1v) is 7.12. The molecule has 0 radical (unpaired) electrons. The minimum Gasteiger partial charge on any atom is -0.381 e. The number of hydrogen-bond acceptors (Lipinski definition) is 3. The molecule has 1 atom stereocenters. The molecule has 1 heterocycles. The maximum absolute atomic E-state index is 11.8. The Morgan fingerprint density at radius 2 is 2.14 bits per heavy atom. The lowest BCUT2D eigenvalue weighted by Crippen LogP contribution is -2.48. The first kappa shape index (κ1) is 20.4. The summed E-state index contributed by atoms with van der Waals surface area (Å²) < 4.78 is 5.39. The fourth-order valence-electron chi connectivity index (χ4n) is 2.30. The highest BCUT2D eigenvalue weighted by Crippen LogP contribution is 2.15. The topological polar surface area (TPSA) is 66.0 Å². The summed E-state index contributed by atoms with van der Waals surface area (Å²) in [6.07, 6.45) is 1.10. The van der Waals surface area contributed by atoms with Gasteiger partial charge in [-0.1, -0.05) is 0 Å². The van der Waals surface area contributed by atoms with E-state index in [9.17, 15) is 4.79 Å². The van der Waals surface area contributed by atoms with Gasteiger partial charge >= 0.3 is 0 Å². The predicted octanol–water partition coefficient (Wildman–Crippen LogP) is 0.920. The van der Waals surface area contributed by atoms with E-state index >= 15 is 0 Å². The lowest BCUT2D eigenvalue weighted by Gasteiger charge is -2.28. The molecule has 0 bridgehead atoms. The Balaban J connectivity index is 0.00000400. The molecule has 2 N–H and O–H groups in total. The second-order valence-corrected chi connectivity index (χ2v) is 5.97. The van der Waals surface area contributed by atoms with Gasteiger partial charge < -0.3 is 20.3 Å². The van der Waals surface area contributed by atoms with Crippen LogP contribution in [0, 0.1) is 11.3 Å². The van der Waals surface area contributed by atoms with Crippen molar-refractivity contribution in [2.45, 2.75) is 20.3 Å². The van der Waals surface area contributed by atoms with Gasteiger partial charge in [-0.3, -0.25) is 9.79 Å². The zero-order valence-corrected chi connectivity index (χ0v) is 16.1. The molecule has 21 heavy (non-hydrogen) atoms. The van der Waals surface area contributed by atoms with Crippen LogP contribution < -0.4 is 10.6 Å². The van der Waals surface area contributed by atoms with Crippen molar-refractivity contribution in [3.8, 4) is 0 Å². The molecule has 1 amide bonds. The van der Waals surface area contributed by atoms with E-state index in [0.29, 0.717) is 12.5 Å². The smallest absolute Gasteiger partial charge is 0.227 e. The SMILES string of the molecule is CN=C(NCC(C)(C)C(=O)NC)N(C)CC1CCOC1.I. The Bertz CT molecular complexity index is 355. The Hall–Kier alpha value is -0.570. The first-order chi connectivity index (χ1) is 9.40. The quantitative estimate of drug-likeness (QED) is 0.401. The molecule has 0 aromatic rings. The Labute approximate surface area is 145 Å². The molecule has 6 nitrogen and oxygen atoms in total. The fraction of sp³-hybridized carbons (Fsp3) is 0.857. The second-order valence-electron chi connectivity index (χ2n) is 5.97. The average Bonchev–Trinajstić information content (AvgIpc) is 2.91. The zero-order chi connectivity index (χ0) is 15.2. The average molecular weight is 412 g/mol. The molecule has 1 unspecified atom stereocenters. The third kappa shape index (κ3) is 6.37. The standard InChI is InChI=1S/C14H28N4O2.HI/c1-14(2,12(19)15-3)10-17-13(16-4)18(5)8-11-6-7-20-9-11;/h11H,6-10H2,1-5H3,(H,15,19)(H,16,17);1H. The van der Waals surface area contributed by atoms with Crippen LogP contribution >= 0.6 is 24.0 Å². The number of carbonyl (C=O) groups is 1. The van der Waals surface area contributed by atoms with Crippen LogP contribution in [0.1, 0.15) is 20.3 Å². The largest absolute Gasteiger partial charge is 0.381 e. The van der Waals surface area contributed by atoms with E-state index < -0.39 is 5.41 Å². The minimum atomic E-state index is -0.470. The molecule has 0 aromatic heterocycles. The van der Waals surface area contributed by atoms with Crippen molar-refractivity contribution in [3.63, 3.8) is 0 Å². The molecule has 1 rings (SSSR count). The van der Waals surface area contributed by atoms with E-state index in [0.717, 1.165) is 32.1 Å². The van der Waals surface area contributed by atoms with Gasteiger partial charge in [0.1, 0.15) is 0 Å². The third-order valence-electron chi connectivity index (χ3n) is 3.66. The van der Waals surface area contributed by atoms with E-state index in [1.54, 1.807) is 14.1 Å². The summed E-state index contributed by atoms with van der Waals surface area (Å²) in [5.74, 6) is 1.40. The van der Waals surface area contributed by atoms with E-state index in [-0.39, 0.29) is 29.9 Å². The number of ether oxygens (including phenoxy) is 1. The molecule has 0 spiro atoms. The van der Waals surface area contributed by atoms with Gasteiger partial charge in [-0.25, -0.2) is 0 Å². The highest BCUT2D eigenvalue weighted by atomic mass is 127. The van der Waals surface area contributed by atoms with Crippen molar-refractivity contribution >= 4 is 35.8 Å². The van der Waals surface area contributed by atoms with Crippen LogP contribution in [0.2, 0.25) is 0 Å². The molecule has 1 aliphatic rings. The molecule has 0 saturated carbocycles. The molecule has 0 aliphatic carbocycles. The van der Waals surface area contributed by atoms with E-state index in [2.05, 4.69) is 20.5 Å². The summed E-state index contributed by atoms with van der Waals surface area (Å²) in [6, 6.07) is 0. The van der Waals surface area contributed by atoms with Gasteiger partial charge in [0.05, 0.1) is 12.0 Å². The molecule has 124 valence electrons. The van der Waals surface area contributed by atoms with Gasteiger partial charge in [0.2, 0.25) is 5.91 Å². The van der Waals surface area contributed by atoms with Gasteiger partial charge in [0, 0.05) is 46.8 Å². The van der Waals surface area contributed by atoms with Crippen LogP contribution in [0.3, 0.4) is 0 Å². The number of hydrogen-bond donors (Lipinski definition) is 2. The number of amides is 1. The van der Waals surface area contributed by atoms with Crippen molar-refractivity contribution in [2.75, 3.05) is 47.4 Å². The van der Waals surface area contributed by atoms with Crippen molar-refractivity contribution in [1.82, 2.24) is 15.5 Å². The van der Waals surface area contributed by atoms with Gasteiger partial charge in [-0.15, -0.1) is 24.0 Å². The van der Waals surface area contributed by atoms with Gasteiger partial charge in [-0.05, 0) is 20.3 Å². The molecular formula is C14H29IN4O2. The summed E-state index contributed by atoms with van der Waals surface area (Å²) in [5.41, 5.74) is -0.470. The minimum absolute atomic E-state index is 0. The normalized spacial score (nSPS) is 18.9. The van der Waals surface area contributed by atoms with Gasteiger partial charge in [0.25, 0.3) is 0 Å². The molecule has 7 heteroatoms. The highest BCUT2D eigenvalue weighted by Gasteiger charge is 2.27. The Morgan fingerprint density at radius 1 is 1.48 bits per heavy atom. The van der Waals surface area contributed by atoms with E-state index in [1.165, 1.54) is 0 Å². The van der Waals surface area contributed by atoms with Gasteiger partial charge in [0.15, 0.2) is 5.96 Å². The van der Waals surface area contributed by atoms with Crippen LogP contribution in [0.15, 0.2) is 4.99 Å². The zero-order valence-electron chi connectivity index (χ0n) is 13.7. The van der Waals surface area contributed by atoms with Crippen molar-refractivity contribution in [1.29, 1.82) is 0 Å². The van der Waals surface area contributed by atoms with Crippen LogP contribution in [-0.4, -0.2) is 64.2 Å². The molecule has 1 aliphatic heterocycles. The summed E-state index contributed by atoms with van der Waals surface area (Å²) in [6.45, 7) is 6.97. The summed E-state index contributed by atoms with van der Waals surface area (Å²) in [7, 11) is 5.43. The van der Waals surface area contributed by atoms with E-state index in [4.69, 9.17) is 4.74 Å². The highest BCUT2D eigenvalue weighted by molar-refractivity contribution is 14.0. The number of aliphatic imine (C=N–C) groups is 1. The van der Waals surface area contributed by atoms with Crippen LogP contribution in [0.4, 0.5) is 0 Å². The second kappa shape index (κ2) is 9.45. The number of rotatable bonds is 5. The molecule has 1 fully saturated rings. The number of halogens is 1. The van der Waals surface area contributed by atoms with Crippen molar-refractivity contribution in [3.05, 3.63) is 0 Å². The van der Waals surface area contributed by atoms with Crippen LogP contribution in [0.5, 0.6) is 0 Å². The lowest BCUT2D eigenvalue weighted by molar-refractivity contribution is -0.128. The van der Waals surface area contributed by atoms with E-state index in [1.807, 2.05) is 20.9 Å². The van der Waals surface area contributed by atoms with Crippen molar-refractivity contribution in [2.24, 2.45) is 16.3 Å². The molecular weight excluding hydrogens is 383 g/mol. The summed E-state index contributed by atoms with van der Waals surface area (Å²) in [4.78, 5) is 18.1.